The van der Waals surface area contributed by atoms with Crippen LogP contribution in [0.15, 0.2) is 36.5 Å². The third-order valence-corrected chi connectivity index (χ3v) is 3.63. The van der Waals surface area contributed by atoms with Crippen LogP contribution in [0.2, 0.25) is 0 Å². The van der Waals surface area contributed by atoms with Crippen molar-refractivity contribution < 1.29 is 27.5 Å². The number of alkyl halides is 3. The highest BCUT2D eigenvalue weighted by atomic mass is 19.4. The highest BCUT2D eigenvalue weighted by molar-refractivity contribution is 6.02. The summed E-state index contributed by atoms with van der Waals surface area (Å²) in [7, 11) is 1.33. The number of hydrogen-bond acceptors (Lipinski definition) is 4. The fourth-order valence-electron chi connectivity index (χ4n) is 2.39. The molecule has 6 nitrogen and oxygen atoms in total. The van der Waals surface area contributed by atoms with Crippen LogP contribution in [-0.2, 0) is 4.79 Å². The van der Waals surface area contributed by atoms with Crippen molar-refractivity contribution in [3.05, 3.63) is 42.1 Å². The SMILES string of the molecule is C=C1NC(=O)[C@@](NC(=O)c2cccc(OC)c2)(C(F)(F)F)[C@H]1C#N. The average molecular weight is 339 g/mol. The number of amides is 2. The average Bonchev–Trinajstić information content (AvgIpc) is 2.77. The molecule has 1 saturated heterocycles. The lowest BCUT2D eigenvalue weighted by atomic mass is 9.84. The summed E-state index contributed by atoms with van der Waals surface area (Å²) in [6.07, 6.45) is -5.20. The topological polar surface area (TPSA) is 91.2 Å². The molecule has 0 aliphatic carbocycles. The van der Waals surface area contributed by atoms with Crippen LogP contribution in [-0.4, -0.2) is 30.6 Å². The summed E-state index contributed by atoms with van der Waals surface area (Å²) in [6.45, 7) is 3.25. The predicted molar refractivity (Wildman–Crippen MR) is 75.6 cm³/mol. The van der Waals surface area contributed by atoms with E-state index < -0.39 is 35.1 Å². The minimum Gasteiger partial charge on any atom is -0.497 e. The molecule has 126 valence electrons. The number of halogens is 3. The second-order valence-electron chi connectivity index (χ2n) is 5.03. The van der Waals surface area contributed by atoms with Crippen LogP contribution in [0.3, 0.4) is 0 Å². The first-order chi connectivity index (χ1) is 11.2. The van der Waals surface area contributed by atoms with Gasteiger partial charge in [-0.05, 0) is 18.2 Å². The molecule has 0 spiro atoms. The molecule has 1 aliphatic heterocycles. The van der Waals surface area contributed by atoms with E-state index in [0.29, 0.717) is 0 Å². The first-order valence-electron chi connectivity index (χ1n) is 6.60. The largest absolute Gasteiger partial charge is 0.497 e. The molecular formula is C15H12F3N3O3. The molecule has 2 amide bonds. The first-order valence-corrected chi connectivity index (χ1v) is 6.60. The Kier molecular flexibility index (Phi) is 4.25. The lowest BCUT2D eigenvalue weighted by Gasteiger charge is -2.32. The summed E-state index contributed by atoms with van der Waals surface area (Å²) in [6, 6.07) is 6.75. The van der Waals surface area contributed by atoms with Gasteiger partial charge >= 0.3 is 6.18 Å². The van der Waals surface area contributed by atoms with Crippen molar-refractivity contribution in [2.24, 2.45) is 5.92 Å². The normalized spacial score (nSPS) is 23.4. The minimum absolute atomic E-state index is 0.153. The second-order valence-corrected chi connectivity index (χ2v) is 5.03. The monoisotopic (exact) mass is 339 g/mol. The Morgan fingerprint density at radius 1 is 1.50 bits per heavy atom. The summed E-state index contributed by atoms with van der Waals surface area (Å²) < 4.78 is 45.7. The second kappa shape index (κ2) is 5.88. The number of nitriles is 1. The van der Waals surface area contributed by atoms with Crippen molar-refractivity contribution in [1.82, 2.24) is 10.6 Å². The van der Waals surface area contributed by atoms with Gasteiger partial charge in [-0.2, -0.15) is 18.4 Å². The van der Waals surface area contributed by atoms with Crippen LogP contribution in [0, 0.1) is 17.2 Å². The Balaban J connectivity index is 2.48. The minimum atomic E-state index is -5.20. The van der Waals surface area contributed by atoms with Crippen LogP contribution in [0.1, 0.15) is 10.4 Å². The maximum Gasteiger partial charge on any atom is 0.422 e. The van der Waals surface area contributed by atoms with Crippen molar-refractivity contribution >= 4 is 11.8 Å². The van der Waals surface area contributed by atoms with Crippen molar-refractivity contribution in [2.45, 2.75) is 11.7 Å². The smallest absolute Gasteiger partial charge is 0.422 e. The molecular weight excluding hydrogens is 327 g/mol. The highest BCUT2D eigenvalue weighted by Crippen LogP contribution is 2.42. The summed E-state index contributed by atoms with van der Waals surface area (Å²) in [5.41, 5.74) is -3.98. The lowest BCUT2D eigenvalue weighted by Crippen LogP contribution is -2.66. The molecule has 1 aromatic carbocycles. The molecule has 0 unspecified atom stereocenters. The molecule has 0 bridgehead atoms. The number of rotatable bonds is 3. The van der Waals surface area contributed by atoms with Gasteiger partial charge in [0.25, 0.3) is 11.8 Å². The van der Waals surface area contributed by atoms with Crippen molar-refractivity contribution in [1.29, 1.82) is 5.26 Å². The molecule has 1 heterocycles. The van der Waals surface area contributed by atoms with E-state index in [1.54, 1.807) is 5.32 Å². The van der Waals surface area contributed by atoms with Crippen LogP contribution >= 0.6 is 0 Å². The third-order valence-electron chi connectivity index (χ3n) is 3.63. The van der Waals surface area contributed by atoms with Crippen LogP contribution in [0.25, 0.3) is 0 Å². The quantitative estimate of drug-likeness (QED) is 0.873. The molecule has 0 aromatic heterocycles. The zero-order chi connectivity index (χ0) is 18.1. The Morgan fingerprint density at radius 2 is 2.17 bits per heavy atom. The van der Waals surface area contributed by atoms with Gasteiger partial charge in [-0.25, -0.2) is 0 Å². The van der Waals surface area contributed by atoms with E-state index in [4.69, 9.17) is 10.00 Å². The number of benzene rings is 1. The van der Waals surface area contributed by atoms with Crippen LogP contribution in [0.4, 0.5) is 13.2 Å². The fourth-order valence-corrected chi connectivity index (χ4v) is 2.39. The molecule has 2 rings (SSSR count). The number of nitrogens with zero attached hydrogens (tertiary/aromatic N) is 1. The maximum absolute atomic E-state index is 13.6. The molecule has 0 radical (unpaired) electrons. The Bertz CT molecular complexity index is 754. The molecule has 1 aromatic rings. The summed E-state index contributed by atoms with van der Waals surface area (Å²) in [5, 5.41) is 12.6. The maximum atomic E-state index is 13.6. The standard InChI is InChI=1S/C15H12F3N3O3/c1-8-11(7-19)14(13(23)20-8,15(16,17)18)21-12(22)9-4-3-5-10(6-9)24-2/h3-6,11H,1H2,2H3,(H,20,23)(H,21,22)/t11-,14+/m0/s1. The molecule has 2 atom stereocenters. The summed E-state index contributed by atoms with van der Waals surface area (Å²) >= 11 is 0. The van der Waals surface area contributed by atoms with Crippen LogP contribution < -0.4 is 15.4 Å². The number of methoxy groups -OCH3 is 1. The summed E-state index contributed by atoms with van der Waals surface area (Å²) in [5.74, 6) is -4.46. The molecule has 1 aliphatic rings. The molecule has 0 saturated carbocycles. The van der Waals surface area contributed by atoms with Crippen molar-refractivity contribution in [3.8, 4) is 11.8 Å². The van der Waals surface area contributed by atoms with E-state index in [1.165, 1.54) is 37.4 Å². The van der Waals surface area contributed by atoms with Crippen molar-refractivity contribution in [3.63, 3.8) is 0 Å². The van der Waals surface area contributed by atoms with E-state index in [1.807, 2.05) is 5.32 Å². The van der Waals surface area contributed by atoms with Crippen LogP contribution in [0.5, 0.6) is 5.75 Å². The number of carbonyl (C=O) groups excluding carboxylic acids is 2. The van der Waals surface area contributed by atoms with E-state index in [9.17, 15) is 22.8 Å². The number of nitrogens with one attached hydrogen (secondary N) is 2. The van der Waals surface area contributed by atoms with Gasteiger partial charge in [0, 0.05) is 11.3 Å². The van der Waals surface area contributed by atoms with Gasteiger partial charge in [0.2, 0.25) is 5.54 Å². The van der Waals surface area contributed by atoms with Gasteiger partial charge in [-0.1, -0.05) is 12.6 Å². The molecule has 1 fully saturated rings. The molecule has 9 heteroatoms. The number of ether oxygens (including phenoxy) is 1. The Labute approximate surface area is 134 Å². The van der Waals surface area contributed by atoms with Gasteiger partial charge in [0.15, 0.2) is 0 Å². The van der Waals surface area contributed by atoms with Gasteiger partial charge in [0.1, 0.15) is 11.7 Å². The van der Waals surface area contributed by atoms with Gasteiger partial charge in [-0.3, -0.25) is 9.59 Å². The van der Waals surface area contributed by atoms with Gasteiger partial charge in [0.05, 0.1) is 13.2 Å². The third kappa shape index (κ3) is 2.56. The fraction of sp³-hybridized carbons (Fsp3) is 0.267. The lowest BCUT2D eigenvalue weighted by molar-refractivity contribution is -0.197. The molecule has 2 N–H and O–H groups in total. The Morgan fingerprint density at radius 3 is 2.71 bits per heavy atom. The predicted octanol–water partition coefficient (Wildman–Crippen LogP) is 1.51. The summed E-state index contributed by atoms with van der Waals surface area (Å²) in [4.78, 5) is 24.2. The zero-order valence-corrected chi connectivity index (χ0v) is 12.4. The van der Waals surface area contributed by atoms with E-state index in [0.717, 1.165) is 0 Å². The van der Waals surface area contributed by atoms with Crippen molar-refractivity contribution in [2.75, 3.05) is 7.11 Å². The van der Waals surface area contributed by atoms with Gasteiger partial charge < -0.3 is 15.4 Å². The molecule has 24 heavy (non-hydrogen) atoms. The van der Waals surface area contributed by atoms with E-state index in [-0.39, 0.29) is 11.3 Å². The number of carbonyl (C=O) groups is 2. The Hall–Kier alpha value is -3.02. The highest BCUT2D eigenvalue weighted by Gasteiger charge is 2.70. The van der Waals surface area contributed by atoms with Gasteiger partial charge in [-0.15, -0.1) is 0 Å². The zero-order valence-electron chi connectivity index (χ0n) is 12.4. The number of hydrogen-bond donors (Lipinski definition) is 2. The first kappa shape index (κ1) is 17.3. The van der Waals surface area contributed by atoms with E-state index in [2.05, 4.69) is 6.58 Å². The van der Waals surface area contributed by atoms with E-state index >= 15 is 0 Å².